The minimum atomic E-state index is -3.71. The summed E-state index contributed by atoms with van der Waals surface area (Å²) >= 11 is 0. The normalized spacial score (nSPS) is 14.9. The Morgan fingerprint density at radius 2 is 1.77 bits per heavy atom. The van der Waals surface area contributed by atoms with Crippen LogP contribution >= 0.6 is 0 Å². The Morgan fingerprint density at radius 3 is 2.47 bits per heavy atom. The summed E-state index contributed by atoms with van der Waals surface area (Å²) in [7, 11) is -3.71. The fraction of sp³-hybridized carbons (Fsp3) is 0.409. The van der Waals surface area contributed by atoms with Crippen molar-refractivity contribution in [2.45, 2.75) is 38.0 Å². The summed E-state index contributed by atoms with van der Waals surface area (Å²) in [4.78, 5) is 12.4. The molecule has 1 N–H and O–H groups in total. The Morgan fingerprint density at radius 1 is 1.03 bits per heavy atom. The molecule has 0 radical (unpaired) electrons. The average molecular weight is 433 g/mol. The molecule has 0 aromatic heterocycles. The molecule has 2 aromatic carbocycles. The third kappa shape index (κ3) is 5.31. The Kier molecular flexibility index (Phi) is 7.33. The largest absolute Gasteiger partial charge is 0.492 e. The number of nitrogens with one attached hydrogen (secondary N) is 1. The summed E-state index contributed by atoms with van der Waals surface area (Å²) in [5.41, 5.74) is 1.31. The summed E-state index contributed by atoms with van der Waals surface area (Å²) in [6.07, 6.45) is 2.72. The van der Waals surface area contributed by atoms with E-state index in [1.807, 2.05) is 25.1 Å². The molecule has 1 aliphatic heterocycles. The van der Waals surface area contributed by atoms with E-state index in [1.165, 1.54) is 10.4 Å². The fourth-order valence-corrected chi connectivity index (χ4v) is 5.04. The number of benzene rings is 2. The number of carbonyl (C=O) groups excluding carboxylic acids is 1. The van der Waals surface area contributed by atoms with Gasteiger partial charge in [0, 0.05) is 18.8 Å². The lowest BCUT2D eigenvalue weighted by molar-refractivity contribution is -0.118. The topological polar surface area (TPSA) is 84.9 Å². The van der Waals surface area contributed by atoms with Gasteiger partial charge in [0.25, 0.3) is 5.91 Å². The first-order valence-electron chi connectivity index (χ1n) is 10.2. The van der Waals surface area contributed by atoms with Crippen molar-refractivity contribution in [1.82, 2.24) is 4.31 Å². The van der Waals surface area contributed by atoms with Crippen LogP contribution in [-0.2, 0) is 14.8 Å². The summed E-state index contributed by atoms with van der Waals surface area (Å²) in [6.45, 7) is 4.86. The van der Waals surface area contributed by atoms with Crippen LogP contribution in [0, 0.1) is 6.92 Å². The first-order valence-corrected chi connectivity index (χ1v) is 11.6. The van der Waals surface area contributed by atoms with Crippen LogP contribution in [0.2, 0.25) is 0 Å². The molecule has 2 aromatic rings. The van der Waals surface area contributed by atoms with E-state index in [9.17, 15) is 13.2 Å². The number of anilines is 1. The number of hydrogen-bond donors (Lipinski definition) is 1. The molecule has 3 rings (SSSR count). The Labute approximate surface area is 178 Å². The number of amides is 1. The number of ether oxygens (including phenoxy) is 2. The van der Waals surface area contributed by atoms with Crippen LogP contribution in [0.25, 0.3) is 0 Å². The molecule has 1 fully saturated rings. The first kappa shape index (κ1) is 22.1. The fourth-order valence-electron chi connectivity index (χ4n) is 3.37. The highest BCUT2D eigenvalue weighted by molar-refractivity contribution is 7.89. The second-order valence-electron chi connectivity index (χ2n) is 7.16. The van der Waals surface area contributed by atoms with E-state index in [0.717, 1.165) is 24.8 Å². The average Bonchev–Trinajstić information content (AvgIpc) is 2.75. The van der Waals surface area contributed by atoms with E-state index < -0.39 is 10.0 Å². The highest BCUT2D eigenvalue weighted by Gasteiger charge is 2.29. The van der Waals surface area contributed by atoms with Crippen molar-refractivity contribution in [2.24, 2.45) is 0 Å². The predicted octanol–water partition coefficient (Wildman–Crippen LogP) is 3.59. The molecule has 162 valence electrons. The zero-order valence-electron chi connectivity index (χ0n) is 17.4. The van der Waals surface area contributed by atoms with Gasteiger partial charge in [-0.25, -0.2) is 8.42 Å². The summed E-state index contributed by atoms with van der Waals surface area (Å²) < 4.78 is 39.0. The Bertz CT molecular complexity index is 985. The van der Waals surface area contributed by atoms with Crippen LogP contribution in [0.15, 0.2) is 47.4 Å². The number of nitrogens with zero attached hydrogens (tertiary/aromatic N) is 1. The molecule has 1 aliphatic rings. The molecule has 0 spiro atoms. The van der Waals surface area contributed by atoms with Gasteiger partial charge in [-0.2, -0.15) is 4.31 Å². The first-order chi connectivity index (χ1) is 14.4. The van der Waals surface area contributed by atoms with Gasteiger partial charge in [0.1, 0.15) is 16.4 Å². The molecule has 0 saturated carbocycles. The number of piperidine rings is 1. The lowest BCUT2D eigenvalue weighted by atomic mass is 10.2. The van der Waals surface area contributed by atoms with Crippen LogP contribution < -0.4 is 14.8 Å². The molecule has 1 heterocycles. The molecular formula is C22H28N2O5S. The molecule has 8 heteroatoms. The van der Waals surface area contributed by atoms with Gasteiger partial charge in [0.15, 0.2) is 6.61 Å². The number of carbonyl (C=O) groups is 1. The molecule has 0 atom stereocenters. The summed E-state index contributed by atoms with van der Waals surface area (Å²) in [6, 6.07) is 12.1. The highest BCUT2D eigenvalue weighted by Crippen LogP contribution is 2.31. The number of sulfonamides is 1. The monoisotopic (exact) mass is 432 g/mol. The van der Waals surface area contributed by atoms with E-state index in [-0.39, 0.29) is 23.2 Å². The molecular weight excluding hydrogens is 404 g/mol. The van der Waals surface area contributed by atoms with Crippen molar-refractivity contribution < 1.29 is 22.7 Å². The third-order valence-corrected chi connectivity index (χ3v) is 6.83. The quantitative estimate of drug-likeness (QED) is 0.689. The van der Waals surface area contributed by atoms with Crippen LogP contribution in [0.3, 0.4) is 0 Å². The predicted molar refractivity (Wildman–Crippen MR) is 116 cm³/mol. The smallest absolute Gasteiger partial charge is 0.262 e. The molecule has 7 nitrogen and oxygen atoms in total. The van der Waals surface area contributed by atoms with Gasteiger partial charge in [-0.1, -0.05) is 24.6 Å². The van der Waals surface area contributed by atoms with E-state index in [0.29, 0.717) is 31.1 Å². The second-order valence-corrected chi connectivity index (χ2v) is 9.07. The number of para-hydroxylation sites is 1. The van der Waals surface area contributed by atoms with Crippen LogP contribution in [-0.4, -0.2) is 44.9 Å². The zero-order valence-corrected chi connectivity index (χ0v) is 18.2. The highest BCUT2D eigenvalue weighted by atomic mass is 32.2. The Balaban J connectivity index is 1.76. The zero-order chi connectivity index (χ0) is 21.6. The molecule has 0 bridgehead atoms. The maximum atomic E-state index is 13.2. The lowest BCUT2D eigenvalue weighted by Gasteiger charge is -2.27. The lowest BCUT2D eigenvalue weighted by Crippen LogP contribution is -2.35. The number of aryl methyl sites for hydroxylation is 1. The van der Waals surface area contributed by atoms with Gasteiger partial charge in [-0.3, -0.25) is 4.79 Å². The second kappa shape index (κ2) is 9.95. The van der Waals surface area contributed by atoms with Gasteiger partial charge in [0.2, 0.25) is 10.0 Å². The van der Waals surface area contributed by atoms with Gasteiger partial charge in [-0.05, 0) is 56.5 Å². The van der Waals surface area contributed by atoms with Crippen molar-refractivity contribution in [1.29, 1.82) is 0 Å². The maximum absolute atomic E-state index is 13.2. The maximum Gasteiger partial charge on any atom is 0.262 e. The van der Waals surface area contributed by atoms with E-state index >= 15 is 0 Å². The van der Waals surface area contributed by atoms with Crippen molar-refractivity contribution >= 4 is 21.6 Å². The van der Waals surface area contributed by atoms with Crippen LogP contribution in [0.1, 0.15) is 31.7 Å². The van der Waals surface area contributed by atoms with Gasteiger partial charge in [0.05, 0.1) is 6.61 Å². The van der Waals surface area contributed by atoms with Crippen LogP contribution in [0.5, 0.6) is 11.5 Å². The van der Waals surface area contributed by atoms with E-state index in [1.54, 1.807) is 25.1 Å². The molecule has 0 aliphatic carbocycles. The van der Waals surface area contributed by atoms with Crippen molar-refractivity contribution in [2.75, 3.05) is 31.6 Å². The molecule has 1 saturated heterocycles. The molecule has 0 unspecified atom stereocenters. The van der Waals surface area contributed by atoms with Crippen LogP contribution in [0.4, 0.5) is 5.69 Å². The van der Waals surface area contributed by atoms with Gasteiger partial charge >= 0.3 is 0 Å². The molecule has 1 amide bonds. The minimum absolute atomic E-state index is 0.0730. The van der Waals surface area contributed by atoms with E-state index in [4.69, 9.17) is 9.47 Å². The van der Waals surface area contributed by atoms with E-state index in [2.05, 4.69) is 5.32 Å². The van der Waals surface area contributed by atoms with Gasteiger partial charge in [-0.15, -0.1) is 0 Å². The minimum Gasteiger partial charge on any atom is -0.492 e. The van der Waals surface area contributed by atoms with Crippen molar-refractivity contribution in [3.05, 3.63) is 48.0 Å². The summed E-state index contributed by atoms with van der Waals surface area (Å²) in [5.74, 6) is 0.550. The van der Waals surface area contributed by atoms with Crippen molar-refractivity contribution in [3.8, 4) is 11.5 Å². The van der Waals surface area contributed by atoms with Gasteiger partial charge < -0.3 is 14.8 Å². The third-order valence-electron chi connectivity index (χ3n) is 4.91. The van der Waals surface area contributed by atoms with Crippen molar-refractivity contribution in [3.63, 3.8) is 0 Å². The molecule has 30 heavy (non-hydrogen) atoms. The number of rotatable bonds is 8. The number of hydrogen-bond acceptors (Lipinski definition) is 5. The Hall–Kier alpha value is -2.58. The standard InChI is InChI=1S/C22H28N2O5S/c1-3-28-20-12-11-18(15-21(20)30(26,27)24-13-7-4-8-14-24)23-22(25)16-29-19-10-6-5-9-17(19)2/h5-6,9-12,15H,3-4,7-8,13-14,16H2,1-2H3,(H,23,25). The summed E-state index contributed by atoms with van der Waals surface area (Å²) in [5, 5.41) is 2.71. The SMILES string of the molecule is CCOc1ccc(NC(=O)COc2ccccc2C)cc1S(=O)(=O)N1CCCCC1.